The summed E-state index contributed by atoms with van der Waals surface area (Å²) >= 11 is 0. The number of nitrogens with one attached hydrogen (secondary N) is 1. The summed E-state index contributed by atoms with van der Waals surface area (Å²) in [6, 6.07) is 5.94. The normalized spacial score (nSPS) is 19.8. The predicted molar refractivity (Wildman–Crippen MR) is 119 cm³/mol. The molecular formula is C23H31N5O2. The van der Waals surface area contributed by atoms with Crippen LogP contribution in [0.2, 0.25) is 0 Å². The molecular weight excluding hydrogens is 378 g/mol. The number of nitrogens with zero attached hydrogens (tertiary/aromatic N) is 4. The van der Waals surface area contributed by atoms with Crippen molar-refractivity contribution in [3.63, 3.8) is 0 Å². The molecule has 30 heavy (non-hydrogen) atoms. The number of H-pyrrole nitrogens is 1. The molecule has 7 heteroatoms. The van der Waals surface area contributed by atoms with E-state index in [1.54, 1.807) is 0 Å². The molecule has 2 aliphatic rings. The Balaban J connectivity index is 1.22. The van der Waals surface area contributed by atoms with E-state index in [1.165, 1.54) is 38.9 Å². The SMILES string of the molecule is Cc1ccc2oc3c(=O)[nH]c(CN4CCN(CCN5CCCCC5)CC4)nc3c2c1. The maximum atomic E-state index is 12.6. The number of aryl methyl sites for hydroxylation is 1. The molecule has 7 nitrogen and oxygen atoms in total. The lowest BCUT2D eigenvalue weighted by molar-refractivity contribution is 0.108. The number of furan rings is 1. The number of rotatable bonds is 5. The minimum Gasteiger partial charge on any atom is -0.449 e. The highest BCUT2D eigenvalue weighted by Gasteiger charge is 2.20. The molecule has 0 atom stereocenters. The van der Waals surface area contributed by atoms with Gasteiger partial charge < -0.3 is 14.3 Å². The Bertz CT molecular complexity index is 1070. The van der Waals surface area contributed by atoms with Crippen molar-refractivity contribution in [2.24, 2.45) is 0 Å². The predicted octanol–water partition coefficient (Wildman–Crippen LogP) is 2.58. The van der Waals surface area contributed by atoms with Crippen LogP contribution < -0.4 is 5.56 Å². The monoisotopic (exact) mass is 409 g/mol. The van der Waals surface area contributed by atoms with Gasteiger partial charge >= 0.3 is 0 Å². The van der Waals surface area contributed by atoms with Crippen LogP contribution in [0.25, 0.3) is 22.1 Å². The van der Waals surface area contributed by atoms with Crippen LogP contribution in [0, 0.1) is 6.92 Å². The first kappa shape index (κ1) is 19.7. The standard InChI is InChI=1S/C23H31N5O2/c1-17-5-6-19-18(15-17)21-22(30-19)23(29)25-20(24-21)16-28-13-11-27(12-14-28)10-9-26-7-3-2-4-8-26/h5-6,15H,2-4,7-14,16H2,1H3,(H,24,25,29). The second-order valence-electron chi connectivity index (χ2n) is 8.81. The van der Waals surface area contributed by atoms with Crippen LogP contribution in [0.15, 0.2) is 27.4 Å². The van der Waals surface area contributed by atoms with Crippen LogP contribution in [0.4, 0.5) is 0 Å². The number of benzene rings is 1. The van der Waals surface area contributed by atoms with E-state index in [1.807, 2.05) is 25.1 Å². The molecule has 4 heterocycles. The fourth-order valence-corrected chi connectivity index (χ4v) is 4.74. The Kier molecular flexibility index (Phi) is 5.58. The van der Waals surface area contributed by atoms with E-state index < -0.39 is 0 Å². The average Bonchev–Trinajstić information content (AvgIpc) is 3.12. The number of aromatic amines is 1. The first-order chi connectivity index (χ1) is 14.7. The van der Waals surface area contributed by atoms with Gasteiger partial charge in [0.2, 0.25) is 5.58 Å². The summed E-state index contributed by atoms with van der Waals surface area (Å²) in [6.07, 6.45) is 4.11. The number of likely N-dealkylation sites (tertiary alicyclic amines) is 1. The number of piperidine rings is 1. The Morgan fingerprint density at radius 2 is 1.67 bits per heavy atom. The van der Waals surface area contributed by atoms with Gasteiger partial charge in [0.25, 0.3) is 5.56 Å². The first-order valence-electron chi connectivity index (χ1n) is 11.2. The van der Waals surface area contributed by atoms with Gasteiger partial charge in [0.05, 0.1) is 6.54 Å². The molecule has 0 bridgehead atoms. The van der Waals surface area contributed by atoms with Crippen molar-refractivity contribution in [2.45, 2.75) is 32.7 Å². The quantitative estimate of drug-likeness (QED) is 0.699. The lowest BCUT2D eigenvalue weighted by Crippen LogP contribution is -2.48. The molecule has 0 radical (unpaired) electrons. The van der Waals surface area contributed by atoms with E-state index in [0.29, 0.717) is 23.2 Å². The summed E-state index contributed by atoms with van der Waals surface area (Å²) in [5, 5.41) is 0.917. The fourth-order valence-electron chi connectivity index (χ4n) is 4.74. The third kappa shape index (κ3) is 4.15. The maximum absolute atomic E-state index is 12.6. The highest BCUT2D eigenvalue weighted by Crippen LogP contribution is 2.26. The molecule has 2 aromatic heterocycles. The van der Waals surface area contributed by atoms with Gasteiger partial charge in [-0.15, -0.1) is 0 Å². The summed E-state index contributed by atoms with van der Waals surface area (Å²) in [4.78, 5) is 27.8. The van der Waals surface area contributed by atoms with Gasteiger partial charge in [-0.1, -0.05) is 18.1 Å². The zero-order valence-electron chi connectivity index (χ0n) is 17.8. The first-order valence-corrected chi connectivity index (χ1v) is 11.2. The van der Waals surface area contributed by atoms with Crippen molar-refractivity contribution in [1.29, 1.82) is 0 Å². The minimum atomic E-state index is -0.191. The van der Waals surface area contributed by atoms with E-state index in [0.717, 1.165) is 49.5 Å². The molecule has 0 aliphatic carbocycles. The van der Waals surface area contributed by atoms with E-state index in [2.05, 4.69) is 19.7 Å². The van der Waals surface area contributed by atoms with Crippen LogP contribution in [0.5, 0.6) is 0 Å². The number of aromatic nitrogens is 2. The van der Waals surface area contributed by atoms with Crippen molar-refractivity contribution in [1.82, 2.24) is 24.7 Å². The van der Waals surface area contributed by atoms with Crippen LogP contribution in [-0.2, 0) is 6.54 Å². The largest absolute Gasteiger partial charge is 0.449 e. The highest BCUT2D eigenvalue weighted by atomic mass is 16.3. The maximum Gasteiger partial charge on any atom is 0.294 e. The van der Waals surface area contributed by atoms with Crippen molar-refractivity contribution >= 4 is 22.1 Å². The smallest absolute Gasteiger partial charge is 0.294 e. The second kappa shape index (κ2) is 8.49. The van der Waals surface area contributed by atoms with Gasteiger partial charge in [0.15, 0.2) is 0 Å². The lowest BCUT2D eigenvalue weighted by Gasteiger charge is -2.36. The summed E-state index contributed by atoms with van der Waals surface area (Å²) in [6.45, 7) is 11.8. The molecule has 0 saturated carbocycles. The van der Waals surface area contributed by atoms with Gasteiger partial charge in [-0.3, -0.25) is 14.6 Å². The number of fused-ring (bicyclic) bond motifs is 3. The molecule has 2 saturated heterocycles. The molecule has 3 aromatic rings. The van der Waals surface area contributed by atoms with Crippen molar-refractivity contribution in [3.8, 4) is 0 Å². The molecule has 1 aromatic carbocycles. The van der Waals surface area contributed by atoms with Gasteiger partial charge in [-0.05, 0) is 45.0 Å². The van der Waals surface area contributed by atoms with Crippen molar-refractivity contribution < 1.29 is 4.42 Å². The summed E-state index contributed by atoms with van der Waals surface area (Å²) in [5.74, 6) is 0.721. The Hall–Kier alpha value is -2.22. The zero-order valence-corrected chi connectivity index (χ0v) is 17.8. The molecule has 160 valence electrons. The Morgan fingerprint density at radius 1 is 0.967 bits per heavy atom. The fraction of sp³-hybridized carbons (Fsp3) is 0.565. The van der Waals surface area contributed by atoms with E-state index in [9.17, 15) is 4.79 Å². The average molecular weight is 410 g/mol. The van der Waals surface area contributed by atoms with E-state index in [4.69, 9.17) is 9.40 Å². The summed E-state index contributed by atoms with van der Waals surface area (Å²) in [5.41, 5.74) is 2.65. The van der Waals surface area contributed by atoms with Crippen LogP contribution >= 0.6 is 0 Å². The van der Waals surface area contributed by atoms with Crippen LogP contribution in [0.3, 0.4) is 0 Å². The number of hydrogen-bond donors (Lipinski definition) is 1. The van der Waals surface area contributed by atoms with E-state index >= 15 is 0 Å². The van der Waals surface area contributed by atoms with Gasteiger partial charge in [-0.25, -0.2) is 4.98 Å². The Morgan fingerprint density at radius 3 is 2.43 bits per heavy atom. The van der Waals surface area contributed by atoms with Crippen LogP contribution in [-0.4, -0.2) is 77.0 Å². The third-order valence-corrected chi connectivity index (χ3v) is 6.55. The zero-order chi connectivity index (χ0) is 20.5. The van der Waals surface area contributed by atoms with Gasteiger partial charge in [0, 0.05) is 44.7 Å². The highest BCUT2D eigenvalue weighted by molar-refractivity contribution is 6.02. The molecule has 5 rings (SSSR count). The summed E-state index contributed by atoms with van der Waals surface area (Å²) < 4.78 is 5.74. The minimum absolute atomic E-state index is 0.191. The van der Waals surface area contributed by atoms with Crippen molar-refractivity contribution in [3.05, 3.63) is 39.9 Å². The lowest BCUT2D eigenvalue weighted by atomic mass is 10.1. The van der Waals surface area contributed by atoms with E-state index in [-0.39, 0.29) is 5.56 Å². The molecule has 0 spiro atoms. The van der Waals surface area contributed by atoms with Gasteiger partial charge in [0.1, 0.15) is 16.9 Å². The molecule has 0 amide bonds. The second-order valence-corrected chi connectivity index (χ2v) is 8.81. The Labute approximate surface area is 176 Å². The van der Waals surface area contributed by atoms with Crippen molar-refractivity contribution in [2.75, 3.05) is 52.4 Å². The molecule has 0 unspecified atom stereocenters. The molecule has 2 aliphatic heterocycles. The van der Waals surface area contributed by atoms with Crippen LogP contribution in [0.1, 0.15) is 30.7 Å². The number of hydrogen-bond acceptors (Lipinski definition) is 6. The topological polar surface area (TPSA) is 68.6 Å². The molecule has 1 N–H and O–H groups in total. The molecule has 2 fully saturated rings. The number of piperazine rings is 1. The summed E-state index contributed by atoms with van der Waals surface area (Å²) in [7, 11) is 0. The van der Waals surface area contributed by atoms with Gasteiger partial charge in [-0.2, -0.15) is 0 Å². The third-order valence-electron chi connectivity index (χ3n) is 6.55.